The van der Waals surface area contributed by atoms with Crippen LogP contribution in [0, 0.1) is 0 Å². The molecule has 208 valence electrons. The molecule has 38 heavy (non-hydrogen) atoms. The molecule has 1 fully saturated rings. The van der Waals surface area contributed by atoms with Crippen LogP contribution in [-0.4, -0.2) is 60.8 Å². The van der Waals surface area contributed by atoms with E-state index in [2.05, 4.69) is 10.8 Å². The lowest BCUT2D eigenvalue weighted by Crippen LogP contribution is -2.49. The number of nitrogens with zero attached hydrogens (tertiary/aromatic N) is 4. The van der Waals surface area contributed by atoms with Crippen LogP contribution in [0.15, 0.2) is 48.5 Å². The first-order chi connectivity index (χ1) is 17.6. The van der Waals surface area contributed by atoms with Gasteiger partial charge in [-0.2, -0.15) is 31.4 Å². The third-order valence-electron chi connectivity index (χ3n) is 5.86. The van der Waals surface area contributed by atoms with Crippen molar-refractivity contribution in [2.45, 2.75) is 37.7 Å². The summed E-state index contributed by atoms with van der Waals surface area (Å²) < 4.78 is 107. The number of rotatable bonds is 8. The van der Waals surface area contributed by atoms with Crippen LogP contribution in [-0.2, 0) is 40.6 Å². The highest BCUT2D eigenvalue weighted by molar-refractivity contribution is 7.92. The second-order valence-electron chi connectivity index (χ2n) is 9.08. The first-order valence-electron chi connectivity index (χ1n) is 11.5. The minimum Gasteiger partial charge on any atom is -0.304 e. The molecule has 0 amide bonds. The van der Waals surface area contributed by atoms with E-state index in [-0.39, 0.29) is 12.1 Å². The SMILES string of the molecule is CN1CCCC(N(c2cnn(C)c2)S(=O)(=O)CC=C=CC(=O)Cc2cc(C(F)(F)F)cc(C(F)(F)F)c2)C1. The standard InChI is InChI=1S/C24H26F6N4O3S/c1-32-8-5-6-20(15-32)34(21-14-31-33(2)16-21)38(36,37)9-4-3-7-22(35)12-17-10-18(23(25,26)27)13-19(11-17)24(28,29)30/h4,7,10-11,13-14,16,20H,5-6,8-9,12,15H2,1-2H3. The summed E-state index contributed by atoms with van der Waals surface area (Å²) in [5.41, 5.74) is -0.752. The van der Waals surface area contributed by atoms with Crippen molar-refractivity contribution in [3.8, 4) is 0 Å². The smallest absolute Gasteiger partial charge is 0.304 e. The zero-order valence-electron chi connectivity index (χ0n) is 20.6. The molecule has 1 aromatic heterocycles. The molecule has 0 spiro atoms. The topological polar surface area (TPSA) is 75.5 Å². The van der Waals surface area contributed by atoms with E-state index in [1.54, 1.807) is 13.2 Å². The lowest BCUT2D eigenvalue weighted by Gasteiger charge is -2.37. The molecule has 0 radical (unpaired) electrons. The van der Waals surface area contributed by atoms with E-state index in [9.17, 15) is 39.6 Å². The van der Waals surface area contributed by atoms with E-state index in [4.69, 9.17) is 0 Å². The molecular formula is C24H26F6N4O3S. The average molecular weight is 565 g/mol. The van der Waals surface area contributed by atoms with Crippen LogP contribution in [0.25, 0.3) is 0 Å². The van der Waals surface area contributed by atoms with Gasteiger partial charge >= 0.3 is 12.4 Å². The van der Waals surface area contributed by atoms with Gasteiger partial charge in [-0.05, 0) is 56.3 Å². The minimum absolute atomic E-state index is 0.0212. The van der Waals surface area contributed by atoms with Gasteiger partial charge in [0, 0.05) is 32.3 Å². The molecule has 0 aliphatic carbocycles. The summed E-state index contributed by atoms with van der Waals surface area (Å²) in [6.07, 6.45) is -4.51. The number of hydrogen-bond acceptors (Lipinski definition) is 5. The molecule has 1 atom stereocenters. The van der Waals surface area contributed by atoms with Crippen molar-refractivity contribution in [3.05, 3.63) is 65.2 Å². The quantitative estimate of drug-likeness (QED) is 0.273. The van der Waals surface area contributed by atoms with Gasteiger partial charge in [0.2, 0.25) is 10.0 Å². The normalized spacial score (nSPS) is 17.1. The Balaban J connectivity index is 1.77. The number of sulfonamides is 1. The lowest BCUT2D eigenvalue weighted by molar-refractivity contribution is -0.143. The van der Waals surface area contributed by atoms with Crippen LogP contribution in [0.3, 0.4) is 0 Å². The van der Waals surface area contributed by atoms with E-state index >= 15 is 0 Å². The fraction of sp³-hybridized carbons (Fsp3) is 0.458. The summed E-state index contributed by atoms with van der Waals surface area (Å²) in [7, 11) is -0.396. The van der Waals surface area contributed by atoms with Gasteiger partial charge in [0.05, 0.1) is 34.8 Å². The van der Waals surface area contributed by atoms with Gasteiger partial charge in [0.1, 0.15) is 0 Å². The van der Waals surface area contributed by atoms with Gasteiger partial charge in [0.15, 0.2) is 5.78 Å². The minimum atomic E-state index is -5.03. The molecule has 1 aliphatic rings. The summed E-state index contributed by atoms with van der Waals surface area (Å²) >= 11 is 0. The Morgan fingerprint density at radius 1 is 1.13 bits per heavy atom. The number of halogens is 6. The Bertz CT molecular complexity index is 1300. The Kier molecular flexibility index (Phi) is 8.79. The number of carbonyl (C=O) groups excluding carboxylic acids is 1. The second kappa shape index (κ2) is 11.3. The van der Waals surface area contributed by atoms with E-state index in [0.29, 0.717) is 30.8 Å². The maximum absolute atomic E-state index is 13.2. The fourth-order valence-electron chi connectivity index (χ4n) is 4.21. The summed E-state index contributed by atoms with van der Waals surface area (Å²) in [4.78, 5) is 14.2. The van der Waals surface area contributed by atoms with Crippen molar-refractivity contribution in [1.82, 2.24) is 14.7 Å². The van der Waals surface area contributed by atoms with Gasteiger partial charge in [-0.25, -0.2) is 8.42 Å². The number of likely N-dealkylation sites (N-methyl/N-ethyl adjacent to an activating group) is 1. The van der Waals surface area contributed by atoms with E-state index in [1.807, 2.05) is 11.9 Å². The van der Waals surface area contributed by atoms with Crippen LogP contribution in [0.1, 0.15) is 29.5 Å². The maximum atomic E-state index is 13.2. The van der Waals surface area contributed by atoms with Crippen molar-refractivity contribution < 1.29 is 39.6 Å². The molecule has 1 saturated heterocycles. The molecule has 7 nitrogen and oxygen atoms in total. The van der Waals surface area contributed by atoms with Gasteiger partial charge in [0.25, 0.3) is 0 Å². The molecule has 2 aromatic rings. The Labute approximate surface area is 216 Å². The Morgan fingerprint density at radius 3 is 2.29 bits per heavy atom. The van der Waals surface area contributed by atoms with Gasteiger partial charge in [-0.15, -0.1) is 5.73 Å². The van der Waals surface area contributed by atoms with E-state index < -0.39 is 57.0 Å². The molecule has 0 bridgehead atoms. The fourth-order valence-corrected chi connectivity index (χ4v) is 5.72. The monoisotopic (exact) mass is 564 g/mol. The molecule has 1 unspecified atom stereocenters. The van der Waals surface area contributed by atoms with Crippen LogP contribution in [0.4, 0.5) is 32.0 Å². The third-order valence-corrected chi connectivity index (χ3v) is 7.55. The van der Waals surface area contributed by atoms with Crippen molar-refractivity contribution in [3.63, 3.8) is 0 Å². The molecular weight excluding hydrogens is 538 g/mol. The number of anilines is 1. The molecule has 3 rings (SSSR count). The highest BCUT2D eigenvalue weighted by Gasteiger charge is 2.37. The molecule has 0 saturated carbocycles. The number of likely N-dealkylation sites (tertiary alicyclic amines) is 1. The van der Waals surface area contributed by atoms with E-state index in [0.717, 1.165) is 25.1 Å². The van der Waals surface area contributed by atoms with Gasteiger partial charge in [-0.3, -0.25) is 13.8 Å². The predicted octanol–water partition coefficient (Wildman–Crippen LogP) is 4.21. The number of piperidine rings is 1. The number of aryl methyl sites for hydroxylation is 1. The maximum Gasteiger partial charge on any atom is 0.416 e. The number of aromatic nitrogens is 2. The number of ketones is 1. The van der Waals surface area contributed by atoms with Crippen molar-refractivity contribution in [2.24, 2.45) is 7.05 Å². The number of carbonyl (C=O) groups is 1. The summed E-state index contributed by atoms with van der Waals surface area (Å²) in [5, 5.41) is 4.05. The molecule has 1 aliphatic heterocycles. The Hall–Kier alpha value is -3.09. The van der Waals surface area contributed by atoms with Crippen LogP contribution >= 0.6 is 0 Å². The summed E-state index contributed by atoms with van der Waals surface area (Å²) in [5.74, 6) is -1.38. The van der Waals surface area contributed by atoms with Crippen molar-refractivity contribution in [1.29, 1.82) is 0 Å². The third kappa shape index (κ3) is 7.71. The largest absolute Gasteiger partial charge is 0.416 e. The highest BCUT2D eigenvalue weighted by Crippen LogP contribution is 2.36. The molecule has 14 heteroatoms. The number of benzene rings is 1. The van der Waals surface area contributed by atoms with Crippen LogP contribution in [0.2, 0.25) is 0 Å². The van der Waals surface area contributed by atoms with Gasteiger partial charge in [-0.1, -0.05) is 0 Å². The zero-order valence-corrected chi connectivity index (χ0v) is 21.4. The van der Waals surface area contributed by atoms with E-state index in [1.165, 1.54) is 15.2 Å². The lowest BCUT2D eigenvalue weighted by atomic mass is 10.0. The van der Waals surface area contributed by atoms with Gasteiger partial charge < -0.3 is 4.90 Å². The van der Waals surface area contributed by atoms with Crippen molar-refractivity contribution >= 4 is 21.5 Å². The average Bonchev–Trinajstić information content (AvgIpc) is 3.20. The number of hydrogen-bond donors (Lipinski definition) is 0. The first-order valence-corrected chi connectivity index (χ1v) is 13.1. The molecule has 2 heterocycles. The van der Waals surface area contributed by atoms with Crippen LogP contribution in [0.5, 0.6) is 0 Å². The summed E-state index contributed by atoms with van der Waals surface area (Å²) in [6.45, 7) is 1.33. The molecule has 0 N–H and O–H groups in total. The predicted molar refractivity (Wildman–Crippen MR) is 128 cm³/mol. The first kappa shape index (κ1) is 29.5. The second-order valence-corrected chi connectivity index (χ2v) is 11.0. The Morgan fingerprint density at radius 2 is 1.76 bits per heavy atom. The molecule has 1 aromatic carbocycles. The van der Waals surface area contributed by atoms with Crippen LogP contribution < -0.4 is 4.31 Å². The zero-order chi connectivity index (χ0) is 28.3. The number of alkyl halides is 6. The van der Waals surface area contributed by atoms with Crippen molar-refractivity contribution in [2.75, 3.05) is 30.2 Å². The summed E-state index contributed by atoms with van der Waals surface area (Å²) in [6, 6.07) is 0.586. The highest BCUT2D eigenvalue weighted by atomic mass is 32.2.